The quantitative estimate of drug-likeness (QED) is 0.542. The Morgan fingerprint density at radius 3 is 2.72 bits per heavy atom. The van der Waals surface area contributed by atoms with Crippen molar-refractivity contribution in [3.05, 3.63) is 22.4 Å². The summed E-state index contributed by atoms with van der Waals surface area (Å²) < 4.78 is 13.7. The summed E-state index contributed by atoms with van der Waals surface area (Å²) in [5.41, 5.74) is 7.06. The van der Waals surface area contributed by atoms with E-state index in [9.17, 15) is 4.39 Å². The van der Waals surface area contributed by atoms with E-state index in [-0.39, 0.29) is 5.82 Å². The van der Waals surface area contributed by atoms with Crippen molar-refractivity contribution in [1.82, 2.24) is 0 Å². The summed E-state index contributed by atoms with van der Waals surface area (Å²) in [7, 11) is 0. The third-order valence-corrected chi connectivity index (χ3v) is 3.99. The van der Waals surface area contributed by atoms with E-state index in [4.69, 9.17) is 5.73 Å². The minimum Gasteiger partial charge on any atom is -0.397 e. The van der Waals surface area contributed by atoms with Crippen LogP contribution in [-0.4, -0.2) is 18.6 Å². The molecule has 1 aromatic rings. The van der Waals surface area contributed by atoms with Gasteiger partial charge in [-0.1, -0.05) is 12.8 Å². The molecule has 0 radical (unpaired) electrons. The number of nitrogens with two attached hydrogens (primary N) is 1. The summed E-state index contributed by atoms with van der Waals surface area (Å²) in [6.07, 6.45) is 6.95. The van der Waals surface area contributed by atoms with E-state index in [1.807, 2.05) is 11.8 Å². The summed E-state index contributed by atoms with van der Waals surface area (Å²) in [6, 6.07) is 3.03. The molecule has 2 nitrogen and oxygen atoms in total. The Morgan fingerprint density at radius 2 is 2.00 bits per heavy atom. The monoisotopic (exact) mass is 334 g/mol. The molecular formula is C13H20BrFN2S. The highest BCUT2D eigenvalue weighted by Crippen LogP contribution is 2.26. The van der Waals surface area contributed by atoms with Gasteiger partial charge in [0.1, 0.15) is 5.82 Å². The Hall–Kier alpha value is -0.420. The van der Waals surface area contributed by atoms with Crippen LogP contribution in [0.1, 0.15) is 25.7 Å². The maximum absolute atomic E-state index is 13.3. The van der Waals surface area contributed by atoms with Crippen molar-refractivity contribution in [3.8, 4) is 0 Å². The first-order valence-electron chi connectivity index (χ1n) is 6.12. The molecule has 0 amide bonds. The first kappa shape index (κ1) is 15.6. The van der Waals surface area contributed by atoms with Crippen molar-refractivity contribution in [2.75, 3.05) is 29.6 Å². The fraction of sp³-hybridized carbons (Fsp3) is 0.538. The maximum Gasteiger partial charge on any atom is 0.139 e. The third-order valence-electron chi connectivity index (χ3n) is 2.68. The van der Waals surface area contributed by atoms with Gasteiger partial charge in [-0.3, -0.25) is 0 Å². The minimum absolute atomic E-state index is 0.285. The molecule has 0 aliphatic carbocycles. The van der Waals surface area contributed by atoms with Crippen LogP contribution in [0.4, 0.5) is 15.8 Å². The van der Waals surface area contributed by atoms with E-state index in [1.165, 1.54) is 31.1 Å². The lowest BCUT2D eigenvalue weighted by Crippen LogP contribution is -2.05. The molecule has 1 aromatic carbocycles. The Kier molecular flexibility index (Phi) is 7.51. The van der Waals surface area contributed by atoms with Gasteiger partial charge in [0, 0.05) is 12.6 Å². The largest absolute Gasteiger partial charge is 0.397 e. The molecule has 102 valence electrons. The molecule has 0 aliphatic rings. The second kappa shape index (κ2) is 8.64. The molecule has 0 saturated heterocycles. The van der Waals surface area contributed by atoms with Crippen LogP contribution in [0.15, 0.2) is 16.6 Å². The van der Waals surface area contributed by atoms with Crippen molar-refractivity contribution >= 4 is 39.1 Å². The number of hydrogen-bond acceptors (Lipinski definition) is 3. The SMILES string of the molecule is CSCCCCCCNc1cc(F)c(Br)cc1N. The van der Waals surface area contributed by atoms with Gasteiger partial charge in [0.05, 0.1) is 15.8 Å². The molecule has 0 bridgehead atoms. The molecule has 0 aromatic heterocycles. The van der Waals surface area contributed by atoms with Crippen molar-refractivity contribution < 1.29 is 4.39 Å². The average Bonchev–Trinajstić information content (AvgIpc) is 2.34. The molecule has 0 fully saturated rings. The molecule has 0 atom stereocenters. The summed E-state index contributed by atoms with van der Waals surface area (Å²) >= 11 is 5.00. The van der Waals surface area contributed by atoms with Crippen LogP contribution in [0.3, 0.4) is 0 Å². The van der Waals surface area contributed by atoms with E-state index in [0.29, 0.717) is 15.8 Å². The standard InChI is InChI=1S/C13H20BrFN2S/c1-18-7-5-3-2-4-6-17-13-9-11(15)10(14)8-12(13)16/h8-9,17H,2-7,16H2,1H3. The zero-order chi connectivity index (χ0) is 13.4. The maximum atomic E-state index is 13.3. The van der Waals surface area contributed by atoms with E-state index >= 15 is 0 Å². The Morgan fingerprint density at radius 1 is 1.28 bits per heavy atom. The van der Waals surface area contributed by atoms with Gasteiger partial charge < -0.3 is 11.1 Å². The highest BCUT2D eigenvalue weighted by molar-refractivity contribution is 9.10. The highest BCUT2D eigenvalue weighted by Gasteiger charge is 2.05. The number of nitrogens with one attached hydrogen (secondary N) is 1. The van der Waals surface area contributed by atoms with Gasteiger partial charge in [0.2, 0.25) is 0 Å². The van der Waals surface area contributed by atoms with Gasteiger partial charge in [0.25, 0.3) is 0 Å². The molecule has 0 spiro atoms. The van der Waals surface area contributed by atoms with E-state index < -0.39 is 0 Å². The van der Waals surface area contributed by atoms with Crippen LogP contribution in [0, 0.1) is 5.82 Å². The van der Waals surface area contributed by atoms with Crippen molar-refractivity contribution in [2.45, 2.75) is 25.7 Å². The molecule has 18 heavy (non-hydrogen) atoms. The Labute approximate surface area is 121 Å². The van der Waals surface area contributed by atoms with E-state index in [1.54, 1.807) is 6.07 Å². The number of rotatable bonds is 8. The fourth-order valence-corrected chi connectivity index (χ4v) is 2.52. The fourth-order valence-electron chi connectivity index (χ4n) is 1.66. The summed E-state index contributed by atoms with van der Waals surface area (Å²) in [6.45, 7) is 0.838. The molecular weight excluding hydrogens is 315 g/mol. The molecule has 1 rings (SSSR count). The molecule has 3 N–H and O–H groups in total. The van der Waals surface area contributed by atoms with Crippen LogP contribution in [0.5, 0.6) is 0 Å². The predicted molar refractivity (Wildman–Crippen MR) is 83.9 cm³/mol. The third kappa shape index (κ3) is 5.48. The first-order chi connectivity index (χ1) is 8.65. The predicted octanol–water partition coefficient (Wildman–Crippen LogP) is 4.51. The number of unbranched alkanes of at least 4 members (excludes halogenated alkanes) is 3. The smallest absolute Gasteiger partial charge is 0.139 e. The molecule has 0 unspecified atom stereocenters. The topological polar surface area (TPSA) is 38.0 Å². The zero-order valence-corrected chi connectivity index (χ0v) is 13.0. The molecule has 0 heterocycles. The minimum atomic E-state index is -0.285. The van der Waals surface area contributed by atoms with Crippen molar-refractivity contribution in [3.63, 3.8) is 0 Å². The normalized spacial score (nSPS) is 10.6. The number of thioether (sulfide) groups is 1. The van der Waals surface area contributed by atoms with E-state index in [2.05, 4.69) is 27.5 Å². The summed E-state index contributed by atoms with van der Waals surface area (Å²) in [5, 5.41) is 3.18. The average molecular weight is 335 g/mol. The second-order valence-corrected chi connectivity index (χ2v) is 6.03. The Bertz CT molecular complexity index is 374. The zero-order valence-electron chi connectivity index (χ0n) is 10.6. The first-order valence-corrected chi connectivity index (χ1v) is 8.31. The van der Waals surface area contributed by atoms with Gasteiger partial charge >= 0.3 is 0 Å². The van der Waals surface area contributed by atoms with Gasteiger partial charge in [-0.05, 0) is 46.8 Å². The summed E-state index contributed by atoms with van der Waals surface area (Å²) in [4.78, 5) is 0. The van der Waals surface area contributed by atoms with Crippen LogP contribution < -0.4 is 11.1 Å². The number of benzene rings is 1. The van der Waals surface area contributed by atoms with Gasteiger partial charge in [0.15, 0.2) is 0 Å². The van der Waals surface area contributed by atoms with Crippen molar-refractivity contribution in [1.29, 1.82) is 0 Å². The van der Waals surface area contributed by atoms with Crippen LogP contribution >= 0.6 is 27.7 Å². The van der Waals surface area contributed by atoms with Gasteiger partial charge in [-0.2, -0.15) is 11.8 Å². The van der Waals surface area contributed by atoms with Crippen LogP contribution in [-0.2, 0) is 0 Å². The lowest BCUT2D eigenvalue weighted by Gasteiger charge is -2.10. The number of halogens is 2. The molecule has 0 saturated carbocycles. The number of hydrogen-bond donors (Lipinski definition) is 2. The van der Waals surface area contributed by atoms with E-state index in [0.717, 1.165) is 13.0 Å². The molecule has 0 aliphatic heterocycles. The Balaban J connectivity index is 2.25. The second-order valence-electron chi connectivity index (χ2n) is 4.19. The highest BCUT2D eigenvalue weighted by atomic mass is 79.9. The number of nitrogen functional groups attached to an aromatic ring is 1. The van der Waals surface area contributed by atoms with Crippen molar-refractivity contribution in [2.24, 2.45) is 0 Å². The van der Waals surface area contributed by atoms with Gasteiger partial charge in [-0.15, -0.1) is 0 Å². The van der Waals surface area contributed by atoms with Crippen LogP contribution in [0.2, 0.25) is 0 Å². The lowest BCUT2D eigenvalue weighted by atomic mass is 10.2. The molecule has 5 heteroatoms. The van der Waals surface area contributed by atoms with Gasteiger partial charge in [-0.25, -0.2) is 4.39 Å². The lowest BCUT2D eigenvalue weighted by molar-refractivity contribution is 0.621. The summed E-state index contributed by atoms with van der Waals surface area (Å²) in [5.74, 6) is 0.949. The van der Waals surface area contributed by atoms with Crippen LogP contribution in [0.25, 0.3) is 0 Å². The number of anilines is 2.